The van der Waals surface area contributed by atoms with Gasteiger partial charge in [0.2, 0.25) is 0 Å². The normalized spacial score (nSPS) is 24.4. The predicted molar refractivity (Wildman–Crippen MR) is 77.4 cm³/mol. The minimum atomic E-state index is 0.142. The Morgan fingerprint density at radius 2 is 2.26 bits per heavy atom. The summed E-state index contributed by atoms with van der Waals surface area (Å²) in [6, 6.07) is 7.22. The maximum atomic E-state index is 6.38. The van der Waals surface area contributed by atoms with Crippen molar-refractivity contribution in [1.82, 2.24) is 5.32 Å². The first kappa shape index (κ1) is 12.9. The fourth-order valence-electron chi connectivity index (χ4n) is 3.18. The molecule has 1 fully saturated rings. The number of rotatable bonds is 3. The molecule has 2 atom stereocenters. The van der Waals surface area contributed by atoms with Gasteiger partial charge in [-0.05, 0) is 55.8 Å². The van der Waals surface area contributed by atoms with Crippen LogP contribution in [0.2, 0.25) is 0 Å². The summed E-state index contributed by atoms with van der Waals surface area (Å²) in [6.45, 7) is 2.00. The van der Waals surface area contributed by atoms with Crippen LogP contribution in [0.15, 0.2) is 18.2 Å². The molecule has 19 heavy (non-hydrogen) atoms. The van der Waals surface area contributed by atoms with E-state index in [1.807, 2.05) is 0 Å². The Bertz CT molecular complexity index is 427. The Kier molecular flexibility index (Phi) is 4.04. The molecular weight excluding hydrogens is 236 g/mol. The summed E-state index contributed by atoms with van der Waals surface area (Å²) in [5, 5.41) is 3.58. The third-order valence-corrected chi connectivity index (χ3v) is 4.31. The second kappa shape index (κ2) is 5.93. The van der Waals surface area contributed by atoms with Crippen LogP contribution in [0, 0.1) is 0 Å². The van der Waals surface area contributed by atoms with Crippen LogP contribution >= 0.6 is 0 Å². The largest absolute Gasteiger partial charge is 0.493 e. The van der Waals surface area contributed by atoms with Crippen molar-refractivity contribution in [2.75, 3.05) is 13.2 Å². The first-order valence-electron chi connectivity index (χ1n) is 7.57. The minimum absolute atomic E-state index is 0.142. The molecule has 2 heterocycles. The van der Waals surface area contributed by atoms with Crippen LogP contribution < -0.4 is 15.8 Å². The second-order valence-corrected chi connectivity index (χ2v) is 5.81. The standard InChI is InChI=1S/C16H24N2O/c17-15(11-14-5-1-2-8-18-14)12-6-7-16-13(10-12)4-3-9-19-16/h6-7,10,14-15,18H,1-5,8-9,11,17H2. The van der Waals surface area contributed by atoms with Crippen LogP contribution in [0.3, 0.4) is 0 Å². The monoisotopic (exact) mass is 260 g/mol. The molecule has 0 amide bonds. The number of nitrogens with two attached hydrogens (primary N) is 1. The summed E-state index contributed by atoms with van der Waals surface area (Å²) < 4.78 is 5.65. The summed E-state index contributed by atoms with van der Waals surface area (Å²) in [5.41, 5.74) is 8.97. The van der Waals surface area contributed by atoms with Gasteiger partial charge in [-0.3, -0.25) is 0 Å². The van der Waals surface area contributed by atoms with Gasteiger partial charge in [-0.15, -0.1) is 0 Å². The molecule has 1 saturated heterocycles. The lowest BCUT2D eigenvalue weighted by Crippen LogP contribution is -2.36. The van der Waals surface area contributed by atoms with Crippen molar-refractivity contribution in [1.29, 1.82) is 0 Å². The molecule has 0 aromatic heterocycles. The van der Waals surface area contributed by atoms with E-state index in [9.17, 15) is 0 Å². The lowest BCUT2D eigenvalue weighted by Gasteiger charge is -2.27. The van der Waals surface area contributed by atoms with E-state index < -0.39 is 0 Å². The van der Waals surface area contributed by atoms with Gasteiger partial charge in [-0.2, -0.15) is 0 Å². The van der Waals surface area contributed by atoms with Gasteiger partial charge in [0.1, 0.15) is 5.75 Å². The van der Waals surface area contributed by atoms with Crippen molar-refractivity contribution in [3.05, 3.63) is 29.3 Å². The number of aryl methyl sites for hydroxylation is 1. The van der Waals surface area contributed by atoms with E-state index in [0.717, 1.165) is 38.2 Å². The molecule has 3 heteroatoms. The fourth-order valence-corrected chi connectivity index (χ4v) is 3.18. The molecule has 0 saturated carbocycles. The molecule has 104 valence electrons. The number of hydrogen-bond acceptors (Lipinski definition) is 3. The van der Waals surface area contributed by atoms with E-state index in [4.69, 9.17) is 10.5 Å². The number of benzene rings is 1. The lowest BCUT2D eigenvalue weighted by atomic mass is 9.93. The number of hydrogen-bond donors (Lipinski definition) is 2. The van der Waals surface area contributed by atoms with E-state index in [1.165, 1.54) is 30.4 Å². The summed E-state index contributed by atoms with van der Waals surface area (Å²) in [5.74, 6) is 1.05. The summed E-state index contributed by atoms with van der Waals surface area (Å²) in [7, 11) is 0. The van der Waals surface area contributed by atoms with E-state index in [1.54, 1.807) is 0 Å². The van der Waals surface area contributed by atoms with Crippen LogP contribution in [-0.4, -0.2) is 19.2 Å². The van der Waals surface area contributed by atoms with Crippen LogP contribution in [-0.2, 0) is 6.42 Å². The molecule has 3 nitrogen and oxygen atoms in total. The first-order chi connectivity index (χ1) is 9.33. The average Bonchev–Trinajstić information content (AvgIpc) is 2.48. The predicted octanol–water partition coefficient (Wildman–Crippen LogP) is 2.54. The number of fused-ring (bicyclic) bond motifs is 1. The van der Waals surface area contributed by atoms with Crippen LogP contribution in [0.4, 0.5) is 0 Å². The molecule has 3 N–H and O–H groups in total. The fraction of sp³-hybridized carbons (Fsp3) is 0.625. The molecular formula is C16H24N2O. The first-order valence-corrected chi connectivity index (χ1v) is 7.57. The van der Waals surface area contributed by atoms with E-state index in [2.05, 4.69) is 23.5 Å². The molecule has 3 rings (SSSR count). The molecule has 0 bridgehead atoms. The zero-order valence-corrected chi connectivity index (χ0v) is 11.5. The highest BCUT2D eigenvalue weighted by molar-refractivity contribution is 5.39. The number of nitrogens with one attached hydrogen (secondary N) is 1. The Balaban J connectivity index is 1.67. The van der Waals surface area contributed by atoms with Crippen molar-refractivity contribution >= 4 is 0 Å². The van der Waals surface area contributed by atoms with Gasteiger partial charge in [0, 0.05) is 12.1 Å². The number of ether oxygens (including phenoxy) is 1. The van der Waals surface area contributed by atoms with E-state index >= 15 is 0 Å². The van der Waals surface area contributed by atoms with Crippen LogP contribution in [0.1, 0.15) is 49.3 Å². The smallest absolute Gasteiger partial charge is 0.122 e. The van der Waals surface area contributed by atoms with Gasteiger partial charge < -0.3 is 15.8 Å². The van der Waals surface area contributed by atoms with Gasteiger partial charge in [-0.25, -0.2) is 0 Å². The Labute approximate surface area is 115 Å². The molecule has 2 aliphatic rings. The van der Waals surface area contributed by atoms with Crippen molar-refractivity contribution in [2.45, 2.75) is 50.6 Å². The maximum absolute atomic E-state index is 6.38. The highest BCUT2D eigenvalue weighted by atomic mass is 16.5. The van der Waals surface area contributed by atoms with Crippen LogP contribution in [0.5, 0.6) is 5.75 Å². The molecule has 1 aromatic carbocycles. The summed E-state index contributed by atoms with van der Waals surface area (Å²) >= 11 is 0. The van der Waals surface area contributed by atoms with Crippen LogP contribution in [0.25, 0.3) is 0 Å². The van der Waals surface area contributed by atoms with Crippen molar-refractivity contribution < 1.29 is 4.74 Å². The summed E-state index contributed by atoms with van der Waals surface area (Å²) in [6.07, 6.45) is 7.19. The molecule has 0 spiro atoms. The Morgan fingerprint density at radius 3 is 3.11 bits per heavy atom. The van der Waals surface area contributed by atoms with Gasteiger partial charge in [0.05, 0.1) is 6.61 Å². The lowest BCUT2D eigenvalue weighted by molar-refractivity contribution is 0.288. The zero-order chi connectivity index (χ0) is 13.1. The third kappa shape index (κ3) is 3.10. The van der Waals surface area contributed by atoms with Crippen molar-refractivity contribution in [3.8, 4) is 5.75 Å². The Morgan fingerprint density at radius 1 is 1.32 bits per heavy atom. The minimum Gasteiger partial charge on any atom is -0.493 e. The summed E-state index contributed by atoms with van der Waals surface area (Å²) in [4.78, 5) is 0. The second-order valence-electron chi connectivity index (χ2n) is 5.81. The maximum Gasteiger partial charge on any atom is 0.122 e. The van der Waals surface area contributed by atoms with Crippen molar-refractivity contribution in [3.63, 3.8) is 0 Å². The molecule has 2 unspecified atom stereocenters. The highest BCUT2D eigenvalue weighted by Crippen LogP contribution is 2.29. The highest BCUT2D eigenvalue weighted by Gasteiger charge is 2.18. The average molecular weight is 260 g/mol. The van der Waals surface area contributed by atoms with Gasteiger partial charge in [0.15, 0.2) is 0 Å². The molecule has 1 aromatic rings. The van der Waals surface area contributed by atoms with Gasteiger partial charge in [-0.1, -0.05) is 18.6 Å². The SMILES string of the molecule is NC(CC1CCCCN1)c1ccc2c(c1)CCCO2. The Hall–Kier alpha value is -1.06. The van der Waals surface area contributed by atoms with Gasteiger partial charge in [0.25, 0.3) is 0 Å². The van der Waals surface area contributed by atoms with E-state index in [-0.39, 0.29) is 6.04 Å². The van der Waals surface area contributed by atoms with Crippen molar-refractivity contribution in [2.24, 2.45) is 5.73 Å². The number of piperidine rings is 1. The molecule has 0 aliphatic carbocycles. The molecule has 0 radical (unpaired) electrons. The van der Waals surface area contributed by atoms with Gasteiger partial charge >= 0.3 is 0 Å². The molecule has 2 aliphatic heterocycles. The zero-order valence-electron chi connectivity index (χ0n) is 11.5. The topological polar surface area (TPSA) is 47.3 Å². The quantitative estimate of drug-likeness (QED) is 0.878. The van der Waals surface area contributed by atoms with E-state index in [0.29, 0.717) is 6.04 Å². The third-order valence-electron chi connectivity index (χ3n) is 4.31.